The fraction of sp³-hybridized carbons (Fsp3) is 0.455. The van der Waals surface area contributed by atoms with Crippen molar-refractivity contribution >= 4 is 29.4 Å². The second-order valence-electron chi connectivity index (χ2n) is 8.03. The van der Waals surface area contributed by atoms with E-state index in [1.807, 2.05) is 26.2 Å². The number of carbonyl (C=O) groups is 2. The maximum atomic E-state index is 12.7. The topological polar surface area (TPSA) is 102 Å². The van der Waals surface area contributed by atoms with Crippen molar-refractivity contribution in [3.8, 4) is 11.8 Å². The van der Waals surface area contributed by atoms with Crippen LogP contribution < -0.4 is 15.4 Å². The molecule has 0 aliphatic heterocycles. The molecule has 168 valence electrons. The van der Waals surface area contributed by atoms with E-state index in [0.29, 0.717) is 17.9 Å². The van der Waals surface area contributed by atoms with Crippen molar-refractivity contribution in [2.75, 3.05) is 17.3 Å². The van der Waals surface area contributed by atoms with E-state index in [2.05, 4.69) is 20.6 Å². The molecule has 1 aromatic carbocycles. The van der Waals surface area contributed by atoms with Gasteiger partial charge in [-0.1, -0.05) is 0 Å². The third-order valence-corrected chi connectivity index (χ3v) is 4.55. The zero-order chi connectivity index (χ0) is 23.0. The number of anilines is 1. The molecule has 9 heteroatoms. The summed E-state index contributed by atoms with van der Waals surface area (Å²) in [5.41, 5.74) is 1.58. The SMILES string of the molecule is CSCCC(NC(=O)OC(C)(C)C)C(=O)Nc1ccc(Oc2nc(C)cc(C)n2)cc1. The van der Waals surface area contributed by atoms with E-state index < -0.39 is 17.7 Å². The summed E-state index contributed by atoms with van der Waals surface area (Å²) in [6, 6.07) is 8.30. The number of thioether (sulfide) groups is 1. The molecule has 1 heterocycles. The molecule has 1 unspecified atom stereocenters. The van der Waals surface area contributed by atoms with Crippen LogP contribution in [0.2, 0.25) is 0 Å². The quantitative estimate of drug-likeness (QED) is 0.617. The molecule has 2 rings (SSSR count). The number of hydrogen-bond acceptors (Lipinski definition) is 7. The van der Waals surface area contributed by atoms with Gasteiger partial charge in [0.2, 0.25) is 5.91 Å². The van der Waals surface area contributed by atoms with Crippen LogP contribution in [0.5, 0.6) is 11.8 Å². The molecule has 0 spiro atoms. The number of amides is 2. The molecule has 2 aromatic rings. The number of alkyl carbamates (subject to hydrolysis) is 1. The Labute approximate surface area is 187 Å². The smallest absolute Gasteiger partial charge is 0.408 e. The van der Waals surface area contributed by atoms with Gasteiger partial charge in [0.1, 0.15) is 17.4 Å². The number of carbonyl (C=O) groups excluding carboxylic acids is 2. The van der Waals surface area contributed by atoms with Crippen molar-refractivity contribution in [3.05, 3.63) is 41.7 Å². The van der Waals surface area contributed by atoms with Crippen molar-refractivity contribution in [1.82, 2.24) is 15.3 Å². The van der Waals surface area contributed by atoms with Crippen molar-refractivity contribution in [1.29, 1.82) is 0 Å². The fourth-order valence-electron chi connectivity index (χ4n) is 2.63. The van der Waals surface area contributed by atoms with Gasteiger partial charge in [0, 0.05) is 17.1 Å². The van der Waals surface area contributed by atoms with Crippen LogP contribution in [0.25, 0.3) is 0 Å². The molecule has 2 N–H and O–H groups in total. The van der Waals surface area contributed by atoms with Crippen molar-refractivity contribution in [2.45, 2.75) is 52.7 Å². The first-order valence-electron chi connectivity index (χ1n) is 9.95. The van der Waals surface area contributed by atoms with E-state index in [0.717, 1.165) is 17.1 Å². The zero-order valence-electron chi connectivity index (χ0n) is 18.8. The van der Waals surface area contributed by atoms with Crippen molar-refractivity contribution < 1.29 is 19.1 Å². The molecule has 1 aromatic heterocycles. The molecule has 0 aliphatic carbocycles. The van der Waals surface area contributed by atoms with E-state index in [1.165, 1.54) is 0 Å². The zero-order valence-corrected chi connectivity index (χ0v) is 19.6. The Morgan fingerprint density at radius 3 is 2.26 bits per heavy atom. The lowest BCUT2D eigenvalue weighted by molar-refractivity contribution is -0.118. The predicted octanol–water partition coefficient (Wildman–Crippen LogP) is 4.47. The van der Waals surface area contributed by atoms with Crippen LogP contribution in [0, 0.1) is 13.8 Å². The van der Waals surface area contributed by atoms with Crippen LogP contribution in [-0.4, -0.2) is 45.6 Å². The molecular weight excluding hydrogens is 416 g/mol. The van der Waals surface area contributed by atoms with Crippen LogP contribution in [-0.2, 0) is 9.53 Å². The molecule has 0 saturated carbocycles. The lowest BCUT2D eigenvalue weighted by Gasteiger charge is -2.23. The first kappa shape index (κ1) is 24.5. The Hall–Kier alpha value is -2.81. The first-order valence-corrected chi connectivity index (χ1v) is 11.3. The molecule has 0 aliphatic rings. The van der Waals surface area contributed by atoms with Gasteiger partial charge in [0.05, 0.1) is 0 Å². The normalized spacial score (nSPS) is 12.1. The lowest BCUT2D eigenvalue weighted by Crippen LogP contribution is -2.46. The van der Waals surface area contributed by atoms with Gasteiger partial charge in [0.15, 0.2) is 0 Å². The van der Waals surface area contributed by atoms with E-state index in [-0.39, 0.29) is 11.9 Å². The number of nitrogens with zero attached hydrogens (tertiary/aromatic N) is 2. The van der Waals surface area contributed by atoms with Crippen LogP contribution >= 0.6 is 11.8 Å². The monoisotopic (exact) mass is 446 g/mol. The van der Waals surface area contributed by atoms with Gasteiger partial charge >= 0.3 is 12.1 Å². The molecule has 0 radical (unpaired) electrons. The largest absolute Gasteiger partial charge is 0.444 e. The summed E-state index contributed by atoms with van der Waals surface area (Å²) in [5.74, 6) is 0.955. The van der Waals surface area contributed by atoms with Crippen molar-refractivity contribution in [2.24, 2.45) is 0 Å². The highest BCUT2D eigenvalue weighted by Gasteiger charge is 2.24. The van der Waals surface area contributed by atoms with Crippen LogP contribution in [0.3, 0.4) is 0 Å². The fourth-order valence-corrected chi connectivity index (χ4v) is 3.11. The summed E-state index contributed by atoms with van der Waals surface area (Å²) in [6.45, 7) is 9.07. The molecule has 0 bridgehead atoms. The third-order valence-electron chi connectivity index (χ3n) is 3.91. The Bertz CT molecular complexity index is 877. The highest BCUT2D eigenvalue weighted by atomic mass is 32.2. The third kappa shape index (κ3) is 8.84. The Morgan fingerprint density at radius 1 is 1.10 bits per heavy atom. The molecule has 31 heavy (non-hydrogen) atoms. The number of nitrogens with one attached hydrogen (secondary N) is 2. The van der Waals surface area contributed by atoms with E-state index >= 15 is 0 Å². The Balaban J connectivity index is 2.01. The molecule has 0 saturated heterocycles. The number of hydrogen-bond donors (Lipinski definition) is 2. The maximum absolute atomic E-state index is 12.7. The van der Waals surface area contributed by atoms with Gasteiger partial charge in [-0.15, -0.1) is 0 Å². The average molecular weight is 447 g/mol. The number of benzene rings is 1. The predicted molar refractivity (Wildman–Crippen MR) is 123 cm³/mol. The summed E-state index contributed by atoms with van der Waals surface area (Å²) >= 11 is 1.60. The summed E-state index contributed by atoms with van der Waals surface area (Å²) in [4.78, 5) is 33.3. The minimum Gasteiger partial charge on any atom is -0.444 e. The lowest BCUT2D eigenvalue weighted by atomic mass is 10.2. The minimum atomic E-state index is -0.707. The van der Waals surface area contributed by atoms with Gasteiger partial charge in [-0.25, -0.2) is 14.8 Å². The molecular formula is C22H30N4O4S. The van der Waals surface area contributed by atoms with Crippen LogP contribution in [0.4, 0.5) is 10.5 Å². The van der Waals surface area contributed by atoms with Crippen molar-refractivity contribution in [3.63, 3.8) is 0 Å². The van der Waals surface area contributed by atoms with Gasteiger partial charge in [-0.3, -0.25) is 4.79 Å². The second kappa shape index (κ2) is 11.0. The number of ether oxygens (including phenoxy) is 2. The number of aromatic nitrogens is 2. The van der Waals surface area contributed by atoms with Gasteiger partial charge in [-0.05, 0) is 83.4 Å². The van der Waals surface area contributed by atoms with Gasteiger partial charge in [0.25, 0.3) is 0 Å². The van der Waals surface area contributed by atoms with E-state index in [9.17, 15) is 9.59 Å². The summed E-state index contributed by atoms with van der Waals surface area (Å²) < 4.78 is 11.0. The average Bonchev–Trinajstić information content (AvgIpc) is 2.64. The second-order valence-corrected chi connectivity index (χ2v) is 9.01. The standard InChI is InChI=1S/C22H30N4O4S/c1-14-13-15(2)24-20(23-14)29-17-9-7-16(8-10-17)25-19(27)18(11-12-31-6)26-21(28)30-22(3,4)5/h7-10,13,18H,11-12H2,1-6H3,(H,25,27)(H,26,28). The number of rotatable bonds is 8. The molecule has 0 fully saturated rings. The van der Waals surface area contributed by atoms with E-state index in [1.54, 1.807) is 56.8 Å². The summed E-state index contributed by atoms with van der Waals surface area (Å²) in [5, 5.41) is 5.48. The highest BCUT2D eigenvalue weighted by molar-refractivity contribution is 7.98. The Morgan fingerprint density at radius 2 is 1.71 bits per heavy atom. The maximum Gasteiger partial charge on any atom is 0.408 e. The molecule has 8 nitrogen and oxygen atoms in total. The number of aryl methyl sites for hydroxylation is 2. The van der Waals surface area contributed by atoms with E-state index in [4.69, 9.17) is 9.47 Å². The first-order chi connectivity index (χ1) is 14.6. The summed E-state index contributed by atoms with van der Waals surface area (Å²) in [7, 11) is 0. The highest BCUT2D eigenvalue weighted by Crippen LogP contribution is 2.21. The Kier molecular flexibility index (Phi) is 8.67. The molecule has 1 atom stereocenters. The van der Waals surface area contributed by atoms with Crippen LogP contribution in [0.15, 0.2) is 30.3 Å². The van der Waals surface area contributed by atoms with Crippen LogP contribution in [0.1, 0.15) is 38.6 Å². The van der Waals surface area contributed by atoms with Gasteiger partial charge < -0.3 is 20.1 Å². The van der Waals surface area contributed by atoms with Gasteiger partial charge in [-0.2, -0.15) is 11.8 Å². The summed E-state index contributed by atoms with van der Waals surface area (Å²) in [6.07, 6.45) is 1.81. The minimum absolute atomic E-state index is 0.271. The molecule has 2 amide bonds.